The van der Waals surface area contributed by atoms with Crippen LogP contribution < -0.4 is 9.46 Å². The molecule has 0 atom stereocenters. The number of pyridine rings is 2. The van der Waals surface area contributed by atoms with E-state index in [9.17, 15) is 13.7 Å². The molecule has 1 saturated carbocycles. The second-order valence-electron chi connectivity index (χ2n) is 7.50. The van der Waals surface area contributed by atoms with Crippen LogP contribution in [0.15, 0.2) is 53.7 Å². The van der Waals surface area contributed by atoms with Crippen molar-refractivity contribution in [2.45, 2.75) is 30.2 Å². The fraction of sp³-hybridized carbons (Fsp3) is 0.227. The molecule has 8 nitrogen and oxygen atoms in total. The number of methoxy groups -OCH3 is 1. The molecule has 2 aliphatic rings. The molecule has 0 bridgehead atoms. The van der Waals surface area contributed by atoms with Gasteiger partial charge in [0.2, 0.25) is 10.0 Å². The molecule has 0 aromatic carbocycles. The summed E-state index contributed by atoms with van der Waals surface area (Å²) in [6.45, 7) is 0. The van der Waals surface area contributed by atoms with Gasteiger partial charge >= 0.3 is 0 Å². The van der Waals surface area contributed by atoms with Crippen LogP contribution in [-0.4, -0.2) is 36.1 Å². The van der Waals surface area contributed by atoms with E-state index in [0.29, 0.717) is 33.7 Å². The van der Waals surface area contributed by atoms with Crippen molar-refractivity contribution < 1.29 is 13.2 Å². The molecule has 1 N–H and O–H groups in total. The number of nitriles is 1. The Bertz CT molecular complexity index is 1390. The molecule has 3 aromatic rings. The van der Waals surface area contributed by atoms with E-state index in [1.54, 1.807) is 25.4 Å². The van der Waals surface area contributed by atoms with Crippen LogP contribution in [-0.2, 0) is 10.0 Å². The summed E-state index contributed by atoms with van der Waals surface area (Å²) in [6, 6.07) is 7.17. The third kappa shape index (κ3) is 3.21. The zero-order chi connectivity index (χ0) is 21.6. The van der Waals surface area contributed by atoms with E-state index in [1.165, 1.54) is 12.3 Å². The van der Waals surface area contributed by atoms with Gasteiger partial charge in [0.1, 0.15) is 22.4 Å². The summed E-state index contributed by atoms with van der Waals surface area (Å²) < 4.78 is 35.0. The molecule has 31 heavy (non-hydrogen) atoms. The van der Waals surface area contributed by atoms with Crippen LogP contribution in [0.4, 0.5) is 0 Å². The molecule has 3 heterocycles. The SMILES string of the molecule is COc1cnc2c(c1)c(C#N)c(-c1ccc(S(=O)(=O)NC3CCC3)cn1)n2C1=CC=C1. The number of ether oxygens (including phenoxy) is 1. The van der Waals surface area contributed by atoms with Crippen molar-refractivity contribution in [2.24, 2.45) is 0 Å². The molecule has 0 radical (unpaired) electrons. The topological polar surface area (TPSA) is 110 Å². The minimum absolute atomic E-state index is 0.00389. The smallest absolute Gasteiger partial charge is 0.242 e. The lowest BCUT2D eigenvalue weighted by Gasteiger charge is -2.26. The van der Waals surface area contributed by atoms with Crippen LogP contribution in [0.2, 0.25) is 0 Å². The molecule has 0 aliphatic heterocycles. The minimum Gasteiger partial charge on any atom is -0.495 e. The summed E-state index contributed by atoms with van der Waals surface area (Å²) in [5.41, 5.74) is 2.91. The van der Waals surface area contributed by atoms with Crippen LogP contribution >= 0.6 is 0 Å². The van der Waals surface area contributed by atoms with Crippen molar-refractivity contribution in [3.05, 3.63) is 54.4 Å². The van der Waals surface area contributed by atoms with E-state index in [4.69, 9.17) is 4.74 Å². The largest absolute Gasteiger partial charge is 0.495 e. The number of hydrogen-bond donors (Lipinski definition) is 1. The number of sulfonamides is 1. The Kier molecular flexibility index (Phi) is 4.61. The Morgan fingerprint density at radius 3 is 2.61 bits per heavy atom. The number of rotatable bonds is 6. The molecule has 1 fully saturated rings. The van der Waals surface area contributed by atoms with Gasteiger partial charge in [0.05, 0.1) is 30.3 Å². The Labute approximate surface area is 179 Å². The summed E-state index contributed by atoms with van der Waals surface area (Å²) >= 11 is 0. The lowest BCUT2D eigenvalue weighted by molar-refractivity contribution is 0.383. The van der Waals surface area contributed by atoms with E-state index < -0.39 is 10.0 Å². The van der Waals surface area contributed by atoms with Crippen LogP contribution in [0.25, 0.3) is 28.1 Å². The van der Waals surface area contributed by atoms with Crippen LogP contribution in [0.5, 0.6) is 5.75 Å². The van der Waals surface area contributed by atoms with E-state index in [1.807, 2.05) is 22.8 Å². The maximum absolute atomic E-state index is 12.6. The van der Waals surface area contributed by atoms with Crippen molar-refractivity contribution in [2.75, 3.05) is 7.11 Å². The second-order valence-corrected chi connectivity index (χ2v) is 9.21. The molecule has 0 spiro atoms. The van der Waals surface area contributed by atoms with E-state index >= 15 is 0 Å². The van der Waals surface area contributed by atoms with Crippen molar-refractivity contribution in [1.82, 2.24) is 19.3 Å². The fourth-order valence-corrected chi connectivity index (χ4v) is 4.94. The first-order chi connectivity index (χ1) is 15.0. The Morgan fingerprint density at radius 2 is 2.06 bits per heavy atom. The molecule has 9 heteroatoms. The average molecular weight is 433 g/mol. The van der Waals surface area contributed by atoms with Crippen molar-refractivity contribution in [1.29, 1.82) is 5.26 Å². The third-order valence-corrected chi connectivity index (χ3v) is 7.14. The molecule has 156 valence electrons. The molecule has 2 aliphatic carbocycles. The Hall–Kier alpha value is -3.48. The first kappa shape index (κ1) is 19.5. The number of hydrogen-bond acceptors (Lipinski definition) is 6. The summed E-state index contributed by atoms with van der Waals surface area (Å²) in [7, 11) is -2.08. The summed E-state index contributed by atoms with van der Waals surface area (Å²) in [6.07, 6.45) is 11.4. The molecule has 0 unspecified atom stereocenters. The number of allylic oxidation sites excluding steroid dienone is 4. The van der Waals surface area contributed by atoms with E-state index in [-0.39, 0.29) is 10.9 Å². The lowest BCUT2D eigenvalue weighted by Crippen LogP contribution is -2.39. The van der Waals surface area contributed by atoms with Gasteiger partial charge in [0.25, 0.3) is 0 Å². The maximum Gasteiger partial charge on any atom is 0.242 e. The van der Waals surface area contributed by atoms with Gasteiger partial charge in [-0.2, -0.15) is 5.26 Å². The first-order valence-corrected chi connectivity index (χ1v) is 11.4. The van der Waals surface area contributed by atoms with Crippen molar-refractivity contribution >= 4 is 26.8 Å². The number of nitrogens with one attached hydrogen (secondary N) is 1. The summed E-state index contributed by atoms with van der Waals surface area (Å²) in [5.74, 6) is 0.544. The van der Waals surface area contributed by atoms with Crippen molar-refractivity contribution in [3.8, 4) is 23.2 Å². The second kappa shape index (κ2) is 7.34. The molecule has 3 aromatic heterocycles. The predicted molar refractivity (Wildman–Crippen MR) is 116 cm³/mol. The summed E-state index contributed by atoms with van der Waals surface area (Å²) in [4.78, 5) is 9.01. The molecular weight excluding hydrogens is 414 g/mol. The van der Waals surface area contributed by atoms with Gasteiger partial charge in [0, 0.05) is 23.3 Å². The average Bonchev–Trinajstić information content (AvgIpc) is 3.03. The highest BCUT2D eigenvalue weighted by atomic mass is 32.2. The van der Waals surface area contributed by atoms with E-state index in [2.05, 4.69) is 20.8 Å². The van der Waals surface area contributed by atoms with Gasteiger partial charge in [-0.1, -0.05) is 12.5 Å². The van der Waals surface area contributed by atoms with Gasteiger partial charge < -0.3 is 4.74 Å². The van der Waals surface area contributed by atoms with Crippen LogP contribution in [0.3, 0.4) is 0 Å². The number of fused-ring (bicyclic) bond motifs is 1. The lowest BCUT2D eigenvalue weighted by atomic mass is 9.94. The predicted octanol–water partition coefficient (Wildman–Crippen LogP) is 3.22. The highest BCUT2D eigenvalue weighted by Gasteiger charge is 2.27. The molecule has 5 rings (SSSR count). The number of nitrogens with zero attached hydrogens (tertiary/aromatic N) is 4. The van der Waals surface area contributed by atoms with Crippen LogP contribution in [0.1, 0.15) is 24.8 Å². The zero-order valence-electron chi connectivity index (χ0n) is 16.7. The Morgan fingerprint density at radius 1 is 1.26 bits per heavy atom. The van der Waals surface area contributed by atoms with Gasteiger partial charge in [-0.05, 0) is 43.2 Å². The van der Waals surface area contributed by atoms with Crippen molar-refractivity contribution in [3.63, 3.8) is 0 Å². The minimum atomic E-state index is -3.62. The molecule has 0 saturated heterocycles. The van der Waals surface area contributed by atoms with Gasteiger partial charge in [0.15, 0.2) is 0 Å². The van der Waals surface area contributed by atoms with Gasteiger partial charge in [-0.25, -0.2) is 18.1 Å². The zero-order valence-corrected chi connectivity index (χ0v) is 17.6. The summed E-state index contributed by atoms with van der Waals surface area (Å²) in [5, 5.41) is 10.6. The highest BCUT2D eigenvalue weighted by Crippen LogP contribution is 2.37. The van der Waals surface area contributed by atoms with Crippen LogP contribution in [0, 0.1) is 11.3 Å². The first-order valence-electron chi connectivity index (χ1n) is 9.88. The standard InChI is InChI=1S/C22H19N5O3S/c1-30-16-10-18-19(11-23)21(27(15-6-3-7-15)22(18)25-12-16)20-9-8-17(13-24-20)31(28,29)26-14-4-2-5-14/h3,6-10,12-14,26H,2,4-5H2,1H3. The van der Waals surface area contributed by atoms with Gasteiger partial charge in [-0.3, -0.25) is 9.55 Å². The Balaban J connectivity index is 1.63. The molecular formula is C22H19N5O3S. The monoisotopic (exact) mass is 433 g/mol. The number of aromatic nitrogens is 3. The molecule has 0 amide bonds. The fourth-order valence-electron chi connectivity index (χ4n) is 3.69. The van der Waals surface area contributed by atoms with Gasteiger partial charge in [-0.15, -0.1) is 0 Å². The van der Waals surface area contributed by atoms with E-state index in [0.717, 1.165) is 25.0 Å². The third-order valence-electron chi connectivity index (χ3n) is 5.64. The quantitative estimate of drug-likeness (QED) is 0.639. The normalized spacial score (nSPS) is 15.8. The highest BCUT2D eigenvalue weighted by molar-refractivity contribution is 7.89. The maximum atomic E-state index is 12.6.